The van der Waals surface area contributed by atoms with Crippen LogP contribution in [-0.4, -0.2) is 28.9 Å². The number of halogens is 1. The predicted octanol–water partition coefficient (Wildman–Crippen LogP) is 3.48. The van der Waals surface area contributed by atoms with Gasteiger partial charge in [0.05, 0.1) is 5.56 Å². The van der Waals surface area contributed by atoms with Crippen LogP contribution in [0.2, 0.25) is 5.02 Å². The second-order valence-electron chi connectivity index (χ2n) is 5.48. The van der Waals surface area contributed by atoms with Crippen molar-refractivity contribution in [3.63, 3.8) is 0 Å². The summed E-state index contributed by atoms with van der Waals surface area (Å²) in [5.74, 6) is 0.695. The normalized spacial score (nSPS) is 17.6. The highest BCUT2D eigenvalue weighted by Crippen LogP contribution is 2.29. The number of benzene rings is 1. The standard InChI is InChI=1S/C15H20ClNO2/c1-10-3-5-17(6-4-10)9-12-7-13(16)8-14(11(2)18)15(12)19/h7-8,10,19H,3-6,9H2,1-2H3. The average Bonchev–Trinajstić information content (AvgIpc) is 2.35. The largest absolute Gasteiger partial charge is 0.507 e. The van der Waals surface area contributed by atoms with Crippen molar-refractivity contribution in [3.05, 3.63) is 28.3 Å². The molecule has 1 saturated heterocycles. The summed E-state index contributed by atoms with van der Waals surface area (Å²) < 4.78 is 0. The second-order valence-corrected chi connectivity index (χ2v) is 5.91. The van der Waals surface area contributed by atoms with Crippen LogP contribution in [0.4, 0.5) is 0 Å². The van der Waals surface area contributed by atoms with E-state index in [0.29, 0.717) is 17.1 Å². The van der Waals surface area contributed by atoms with Gasteiger partial charge in [0.1, 0.15) is 5.75 Å². The first kappa shape index (κ1) is 14.4. The molecule has 0 atom stereocenters. The Morgan fingerprint density at radius 2 is 2.05 bits per heavy atom. The van der Waals surface area contributed by atoms with Gasteiger partial charge in [0, 0.05) is 17.1 Å². The second kappa shape index (κ2) is 5.93. The number of hydrogen-bond donors (Lipinski definition) is 1. The molecule has 0 amide bonds. The number of aromatic hydroxyl groups is 1. The first-order chi connectivity index (χ1) is 8.97. The molecule has 0 saturated carbocycles. The number of piperidine rings is 1. The number of rotatable bonds is 3. The van der Waals surface area contributed by atoms with E-state index in [1.807, 2.05) is 0 Å². The number of phenolic OH excluding ortho intramolecular Hbond substituents is 1. The van der Waals surface area contributed by atoms with Gasteiger partial charge in [-0.05, 0) is 50.9 Å². The van der Waals surface area contributed by atoms with E-state index in [-0.39, 0.29) is 11.5 Å². The van der Waals surface area contributed by atoms with Crippen molar-refractivity contribution < 1.29 is 9.90 Å². The quantitative estimate of drug-likeness (QED) is 0.863. The van der Waals surface area contributed by atoms with Crippen molar-refractivity contribution in [3.8, 4) is 5.75 Å². The summed E-state index contributed by atoms with van der Waals surface area (Å²) in [5, 5.41) is 10.7. The van der Waals surface area contributed by atoms with Gasteiger partial charge in [0.25, 0.3) is 0 Å². The number of phenols is 1. The molecule has 1 aliphatic rings. The van der Waals surface area contributed by atoms with Gasteiger partial charge >= 0.3 is 0 Å². The van der Waals surface area contributed by atoms with E-state index in [1.165, 1.54) is 25.8 Å². The Morgan fingerprint density at radius 3 is 2.63 bits per heavy atom. The number of hydrogen-bond acceptors (Lipinski definition) is 3. The minimum atomic E-state index is -0.159. The fourth-order valence-electron chi connectivity index (χ4n) is 2.51. The Kier molecular flexibility index (Phi) is 4.48. The zero-order valence-corrected chi connectivity index (χ0v) is 12.2. The summed E-state index contributed by atoms with van der Waals surface area (Å²) in [7, 11) is 0. The van der Waals surface area contributed by atoms with Crippen LogP contribution in [0.1, 0.15) is 42.6 Å². The first-order valence-corrected chi connectivity index (χ1v) is 7.10. The molecule has 0 bridgehead atoms. The van der Waals surface area contributed by atoms with E-state index in [4.69, 9.17) is 11.6 Å². The summed E-state index contributed by atoms with van der Waals surface area (Å²) in [5.41, 5.74) is 1.06. The van der Waals surface area contributed by atoms with Gasteiger partial charge in [-0.1, -0.05) is 18.5 Å². The molecule has 2 rings (SSSR count). The number of nitrogens with zero attached hydrogens (tertiary/aromatic N) is 1. The van der Waals surface area contributed by atoms with Gasteiger partial charge in [-0.15, -0.1) is 0 Å². The molecular weight excluding hydrogens is 262 g/mol. The molecule has 104 valence electrons. The molecule has 3 nitrogen and oxygen atoms in total. The van der Waals surface area contributed by atoms with Gasteiger partial charge in [0.2, 0.25) is 0 Å². The van der Waals surface area contributed by atoms with Crippen LogP contribution in [0.15, 0.2) is 12.1 Å². The third-order valence-corrected chi connectivity index (χ3v) is 4.02. The molecule has 4 heteroatoms. The first-order valence-electron chi connectivity index (χ1n) is 6.72. The van der Waals surface area contributed by atoms with Crippen LogP contribution < -0.4 is 0 Å². The number of Topliss-reactive ketones (excluding diaryl/α,β-unsaturated/α-hetero) is 1. The number of carbonyl (C=O) groups excluding carboxylic acids is 1. The Morgan fingerprint density at radius 1 is 1.42 bits per heavy atom. The smallest absolute Gasteiger partial charge is 0.163 e. The monoisotopic (exact) mass is 281 g/mol. The summed E-state index contributed by atoms with van der Waals surface area (Å²) in [6, 6.07) is 3.28. The van der Waals surface area contributed by atoms with Gasteiger partial charge in [-0.2, -0.15) is 0 Å². The van der Waals surface area contributed by atoms with E-state index in [9.17, 15) is 9.90 Å². The number of likely N-dealkylation sites (tertiary alicyclic amines) is 1. The highest BCUT2D eigenvalue weighted by molar-refractivity contribution is 6.31. The maximum atomic E-state index is 11.5. The third kappa shape index (κ3) is 3.48. The average molecular weight is 282 g/mol. The van der Waals surface area contributed by atoms with Crippen LogP contribution in [-0.2, 0) is 6.54 Å². The van der Waals surface area contributed by atoms with Crippen molar-refractivity contribution >= 4 is 17.4 Å². The summed E-state index contributed by atoms with van der Waals surface area (Å²) in [6.07, 6.45) is 2.36. The van der Waals surface area contributed by atoms with Gasteiger partial charge in [-0.25, -0.2) is 0 Å². The lowest BCUT2D eigenvalue weighted by molar-refractivity contribution is 0.101. The minimum Gasteiger partial charge on any atom is -0.507 e. The molecule has 0 radical (unpaired) electrons. The van der Waals surface area contributed by atoms with Crippen molar-refractivity contribution in [2.75, 3.05) is 13.1 Å². The Labute approximate surface area is 119 Å². The van der Waals surface area contributed by atoms with Crippen LogP contribution in [0.25, 0.3) is 0 Å². The molecule has 0 unspecified atom stereocenters. The van der Waals surface area contributed by atoms with Crippen molar-refractivity contribution in [2.45, 2.75) is 33.2 Å². The zero-order chi connectivity index (χ0) is 14.0. The predicted molar refractivity (Wildman–Crippen MR) is 76.8 cm³/mol. The maximum absolute atomic E-state index is 11.5. The van der Waals surface area contributed by atoms with Crippen LogP contribution in [0.3, 0.4) is 0 Å². The lowest BCUT2D eigenvalue weighted by Crippen LogP contribution is -2.32. The fourth-order valence-corrected chi connectivity index (χ4v) is 2.75. The SMILES string of the molecule is CC(=O)c1cc(Cl)cc(CN2CCC(C)CC2)c1O. The molecule has 1 fully saturated rings. The van der Waals surface area contributed by atoms with E-state index < -0.39 is 0 Å². The lowest BCUT2D eigenvalue weighted by Gasteiger charge is -2.30. The Bertz CT molecular complexity index is 479. The van der Waals surface area contributed by atoms with Crippen molar-refractivity contribution in [1.82, 2.24) is 4.90 Å². The summed E-state index contributed by atoms with van der Waals surface area (Å²) in [4.78, 5) is 13.8. The molecule has 1 aromatic carbocycles. The van der Waals surface area contributed by atoms with Crippen LogP contribution >= 0.6 is 11.6 Å². The molecule has 0 aromatic heterocycles. The van der Waals surface area contributed by atoms with Gasteiger partial charge in [0.15, 0.2) is 5.78 Å². The summed E-state index contributed by atoms with van der Waals surface area (Å²) in [6.45, 7) is 6.42. The fraction of sp³-hybridized carbons (Fsp3) is 0.533. The highest BCUT2D eigenvalue weighted by atomic mass is 35.5. The topological polar surface area (TPSA) is 40.5 Å². The lowest BCUT2D eigenvalue weighted by atomic mass is 9.98. The molecule has 1 aromatic rings. The van der Waals surface area contributed by atoms with Gasteiger partial charge < -0.3 is 5.11 Å². The van der Waals surface area contributed by atoms with Crippen LogP contribution in [0.5, 0.6) is 5.75 Å². The van der Waals surface area contributed by atoms with E-state index in [2.05, 4.69) is 11.8 Å². The molecular formula is C15H20ClNO2. The van der Waals surface area contributed by atoms with E-state index in [0.717, 1.165) is 24.6 Å². The highest BCUT2D eigenvalue weighted by Gasteiger charge is 2.19. The minimum absolute atomic E-state index is 0.0792. The van der Waals surface area contributed by atoms with Crippen molar-refractivity contribution in [2.24, 2.45) is 5.92 Å². The van der Waals surface area contributed by atoms with E-state index in [1.54, 1.807) is 6.07 Å². The molecule has 19 heavy (non-hydrogen) atoms. The molecule has 1 heterocycles. The Balaban J connectivity index is 2.18. The van der Waals surface area contributed by atoms with Gasteiger partial charge in [-0.3, -0.25) is 9.69 Å². The molecule has 0 aliphatic carbocycles. The number of carbonyl (C=O) groups is 1. The van der Waals surface area contributed by atoms with Crippen LogP contribution in [0, 0.1) is 5.92 Å². The van der Waals surface area contributed by atoms with Crippen molar-refractivity contribution in [1.29, 1.82) is 0 Å². The Hall–Kier alpha value is -1.06. The number of ketones is 1. The van der Waals surface area contributed by atoms with E-state index >= 15 is 0 Å². The molecule has 1 N–H and O–H groups in total. The molecule has 0 spiro atoms. The summed E-state index contributed by atoms with van der Waals surface area (Å²) >= 11 is 6.03. The zero-order valence-electron chi connectivity index (χ0n) is 11.4. The molecule has 1 aliphatic heterocycles. The maximum Gasteiger partial charge on any atom is 0.163 e. The third-order valence-electron chi connectivity index (χ3n) is 3.80.